The quantitative estimate of drug-likeness (QED) is 0.684. The number of unbranched alkanes of at least 4 members (excludes halogenated alkanes) is 1. The third-order valence-corrected chi connectivity index (χ3v) is 3.83. The van der Waals surface area contributed by atoms with Crippen molar-refractivity contribution in [2.24, 2.45) is 0 Å². The molecular formula is C17H30N2. The van der Waals surface area contributed by atoms with Gasteiger partial charge in [0, 0.05) is 6.54 Å². The monoisotopic (exact) mass is 262 g/mol. The normalized spacial score (nSPS) is 12.9. The minimum absolute atomic E-state index is 0.674. The Morgan fingerprint density at radius 1 is 1.16 bits per heavy atom. The second-order valence-corrected chi connectivity index (χ2v) is 5.60. The number of hydrogen-bond acceptors (Lipinski definition) is 2. The molecule has 1 atom stereocenters. The molecule has 108 valence electrons. The molecule has 0 heterocycles. The van der Waals surface area contributed by atoms with Crippen LogP contribution in [0.4, 0.5) is 0 Å². The summed E-state index contributed by atoms with van der Waals surface area (Å²) in [5.41, 5.74) is 2.88. The summed E-state index contributed by atoms with van der Waals surface area (Å²) in [5, 5.41) is 3.19. The highest BCUT2D eigenvalue weighted by Gasteiger charge is 2.04. The van der Waals surface area contributed by atoms with Gasteiger partial charge in [0.1, 0.15) is 0 Å². The van der Waals surface area contributed by atoms with E-state index in [-0.39, 0.29) is 0 Å². The summed E-state index contributed by atoms with van der Waals surface area (Å²) >= 11 is 0. The second kappa shape index (κ2) is 9.11. The summed E-state index contributed by atoms with van der Waals surface area (Å²) in [4.78, 5) is 2.41. The number of nitrogens with one attached hydrogen (secondary N) is 1. The molecule has 0 radical (unpaired) electrons. The van der Waals surface area contributed by atoms with Crippen molar-refractivity contribution in [2.75, 3.05) is 27.2 Å². The maximum atomic E-state index is 3.19. The first-order valence-corrected chi connectivity index (χ1v) is 7.59. The van der Waals surface area contributed by atoms with Crippen LogP contribution in [0.3, 0.4) is 0 Å². The lowest BCUT2D eigenvalue weighted by Crippen LogP contribution is -2.20. The van der Waals surface area contributed by atoms with Crippen molar-refractivity contribution in [2.45, 2.75) is 45.6 Å². The molecule has 1 N–H and O–H groups in total. The summed E-state index contributed by atoms with van der Waals surface area (Å²) in [7, 11) is 4.23. The molecule has 1 aromatic carbocycles. The van der Waals surface area contributed by atoms with Gasteiger partial charge < -0.3 is 10.2 Å². The van der Waals surface area contributed by atoms with Crippen LogP contribution in [0.1, 0.15) is 50.2 Å². The molecule has 0 aromatic heterocycles. The lowest BCUT2D eigenvalue weighted by molar-refractivity contribution is 0.318. The highest BCUT2D eigenvalue weighted by atomic mass is 15.1. The molecule has 0 spiro atoms. The van der Waals surface area contributed by atoms with E-state index < -0.39 is 0 Å². The highest BCUT2D eigenvalue weighted by Crippen LogP contribution is 2.19. The average molecular weight is 262 g/mol. The van der Waals surface area contributed by atoms with E-state index in [1.807, 2.05) is 7.05 Å². The van der Waals surface area contributed by atoms with Crippen LogP contribution in [-0.4, -0.2) is 32.1 Å². The van der Waals surface area contributed by atoms with Gasteiger partial charge in [-0.15, -0.1) is 0 Å². The Morgan fingerprint density at radius 3 is 2.42 bits per heavy atom. The van der Waals surface area contributed by atoms with E-state index in [4.69, 9.17) is 0 Å². The van der Waals surface area contributed by atoms with Crippen molar-refractivity contribution in [1.29, 1.82) is 0 Å². The van der Waals surface area contributed by atoms with Crippen LogP contribution in [0.15, 0.2) is 24.3 Å². The topological polar surface area (TPSA) is 15.3 Å². The molecule has 0 saturated carbocycles. The first-order chi connectivity index (χ1) is 9.17. The Labute approximate surface area is 119 Å². The molecule has 1 rings (SSSR count). The predicted molar refractivity (Wildman–Crippen MR) is 84.6 cm³/mol. The molecule has 0 aliphatic heterocycles. The van der Waals surface area contributed by atoms with Gasteiger partial charge in [0.25, 0.3) is 0 Å². The SMILES string of the molecule is CCC(C)c1ccc(CN(C)CCCCNC)cc1. The zero-order valence-corrected chi connectivity index (χ0v) is 13.1. The molecule has 19 heavy (non-hydrogen) atoms. The minimum atomic E-state index is 0.674. The largest absolute Gasteiger partial charge is 0.320 e. The van der Waals surface area contributed by atoms with Crippen molar-refractivity contribution in [3.05, 3.63) is 35.4 Å². The molecule has 0 aliphatic rings. The molecule has 0 saturated heterocycles. The van der Waals surface area contributed by atoms with Crippen molar-refractivity contribution in [3.63, 3.8) is 0 Å². The Bertz CT molecular complexity index is 332. The van der Waals surface area contributed by atoms with Crippen LogP contribution >= 0.6 is 0 Å². The second-order valence-electron chi connectivity index (χ2n) is 5.60. The predicted octanol–water partition coefficient (Wildman–Crippen LogP) is 3.63. The third kappa shape index (κ3) is 6.22. The number of hydrogen-bond donors (Lipinski definition) is 1. The number of nitrogens with zero attached hydrogens (tertiary/aromatic N) is 1. The fourth-order valence-electron chi connectivity index (χ4n) is 2.26. The van der Waals surface area contributed by atoms with Gasteiger partial charge in [0.15, 0.2) is 0 Å². The van der Waals surface area contributed by atoms with Crippen LogP contribution in [0.5, 0.6) is 0 Å². The van der Waals surface area contributed by atoms with Gasteiger partial charge in [-0.3, -0.25) is 0 Å². The van der Waals surface area contributed by atoms with Crippen LogP contribution in [0.2, 0.25) is 0 Å². The van der Waals surface area contributed by atoms with Gasteiger partial charge in [-0.2, -0.15) is 0 Å². The molecule has 0 aliphatic carbocycles. The van der Waals surface area contributed by atoms with Gasteiger partial charge in [-0.05, 0) is 63.5 Å². The molecule has 0 bridgehead atoms. The Morgan fingerprint density at radius 2 is 1.84 bits per heavy atom. The number of benzene rings is 1. The first kappa shape index (κ1) is 16.2. The number of rotatable bonds is 9. The van der Waals surface area contributed by atoms with Gasteiger partial charge in [0.05, 0.1) is 0 Å². The summed E-state index contributed by atoms with van der Waals surface area (Å²) in [6.45, 7) is 7.90. The van der Waals surface area contributed by atoms with Crippen molar-refractivity contribution in [1.82, 2.24) is 10.2 Å². The maximum absolute atomic E-state index is 3.19. The van der Waals surface area contributed by atoms with Crippen LogP contribution in [0, 0.1) is 0 Å². The van der Waals surface area contributed by atoms with E-state index >= 15 is 0 Å². The first-order valence-electron chi connectivity index (χ1n) is 7.59. The highest BCUT2D eigenvalue weighted by molar-refractivity contribution is 5.24. The minimum Gasteiger partial charge on any atom is -0.320 e. The average Bonchev–Trinajstić information content (AvgIpc) is 2.43. The van der Waals surface area contributed by atoms with E-state index in [1.165, 1.54) is 36.9 Å². The van der Waals surface area contributed by atoms with E-state index in [9.17, 15) is 0 Å². The summed E-state index contributed by atoms with van der Waals surface area (Å²) in [6, 6.07) is 9.15. The Balaban J connectivity index is 2.36. The van der Waals surface area contributed by atoms with Gasteiger partial charge in [0.2, 0.25) is 0 Å². The molecular weight excluding hydrogens is 232 g/mol. The van der Waals surface area contributed by atoms with E-state index in [0.29, 0.717) is 5.92 Å². The maximum Gasteiger partial charge on any atom is 0.0230 e. The summed E-state index contributed by atoms with van der Waals surface area (Å²) in [5.74, 6) is 0.674. The molecule has 1 unspecified atom stereocenters. The zero-order chi connectivity index (χ0) is 14.1. The Hall–Kier alpha value is -0.860. The lowest BCUT2D eigenvalue weighted by Gasteiger charge is -2.17. The molecule has 2 nitrogen and oxygen atoms in total. The van der Waals surface area contributed by atoms with Gasteiger partial charge in [-0.25, -0.2) is 0 Å². The Kier molecular flexibility index (Phi) is 7.76. The fourth-order valence-corrected chi connectivity index (χ4v) is 2.26. The van der Waals surface area contributed by atoms with E-state index in [0.717, 1.165) is 13.1 Å². The lowest BCUT2D eigenvalue weighted by atomic mass is 9.97. The van der Waals surface area contributed by atoms with Crippen LogP contribution in [0.25, 0.3) is 0 Å². The third-order valence-electron chi connectivity index (χ3n) is 3.83. The summed E-state index contributed by atoms with van der Waals surface area (Å²) in [6.07, 6.45) is 3.74. The van der Waals surface area contributed by atoms with Gasteiger partial charge in [-0.1, -0.05) is 38.1 Å². The smallest absolute Gasteiger partial charge is 0.0230 e. The fraction of sp³-hybridized carbons (Fsp3) is 0.647. The van der Waals surface area contributed by atoms with Crippen LogP contribution < -0.4 is 5.32 Å². The molecule has 1 aromatic rings. The van der Waals surface area contributed by atoms with Gasteiger partial charge >= 0.3 is 0 Å². The zero-order valence-electron chi connectivity index (χ0n) is 13.1. The van der Waals surface area contributed by atoms with Crippen molar-refractivity contribution in [3.8, 4) is 0 Å². The van der Waals surface area contributed by atoms with Crippen molar-refractivity contribution < 1.29 is 0 Å². The standard InChI is InChI=1S/C17H30N2/c1-5-15(2)17-10-8-16(9-11-17)14-19(4)13-7-6-12-18-3/h8-11,15,18H,5-7,12-14H2,1-4H3. The molecule has 2 heteroatoms. The van der Waals surface area contributed by atoms with E-state index in [1.54, 1.807) is 0 Å². The van der Waals surface area contributed by atoms with E-state index in [2.05, 4.69) is 55.4 Å². The van der Waals surface area contributed by atoms with Crippen LogP contribution in [-0.2, 0) is 6.54 Å². The summed E-state index contributed by atoms with van der Waals surface area (Å²) < 4.78 is 0. The molecule has 0 amide bonds. The van der Waals surface area contributed by atoms with Crippen molar-refractivity contribution >= 4 is 0 Å². The molecule has 0 fully saturated rings.